The standard InChI is InChI=1S/C24H27NOS/c1-5-22(19-13-11-18(12-14-19)16(2)3)25-24(26)21-15-27-17(4)23(21)20-9-7-6-8-10-20/h6-16,22H,5H2,1-4H3,(H,25,26). The van der Waals surface area contributed by atoms with Crippen LogP contribution in [-0.4, -0.2) is 5.91 Å². The number of aryl methyl sites for hydroxylation is 1. The van der Waals surface area contributed by atoms with Crippen LogP contribution in [0.15, 0.2) is 60.0 Å². The smallest absolute Gasteiger partial charge is 0.253 e. The molecule has 27 heavy (non-hydrogen) atoms. The predicted octanol–water partition coefficient (Wildman–Crippen LogP) is 6.73. The van der Waals surface area contributed by atoms with Gasteiger partial charge in [-0.25, -0.2) is 0 Å². The molecule has 1 N–H and O–H groups in total. The molecule has 2 nitrogen and oxygen atoms in total. The quantitative estimate of drug-likeness (QED) is 0.507. The lowest BCUT2D eigenvalue weighted by molar-refractivity contribution is 0.0936. The average Bonchev–Trinajstić information content (AvgIpc) is 3.08. The van der Waals surface area contributed by atoms with Gasteiger partial charge >= 0.3 is 0 Å². The normalized spacial score (nSPS) is 12.2. The third kappa shape index (κ3) is 4.30. The molecule has 0 bridgehead atoms. The van der Waals surface area contributed by atoms with Gasteiger partial charge in [0.1, 0.15) is 0 Å². The maximum Gasteiger partial charge on any atom is 0.253 e. The molecule has 0 aliphatic heterocycles. The van der Waals surface area contributed by atoms with Gasteiger partial charge in [-0.15, -0.1) is 11.3 Å². The van der Waals surface area contributed by atoms with Crippen molar-refractivity contribution < 1.29 is 4.79 Å². The number of carbonyl (C=O) groups excluding carboxylic acids is 1. The number of benzene rings is 2. The van der Waals surface area contributed by atoms with E-state index in [-0.39, 0.29) is 11.9 Å². The molecule has 0 saturated heterocycles. The number of amides is 1. The largest absolute Gasteiger partial charge is 0.345 e. The zero-order valence-electron chi connectivity index (χ0n) is 16.5. The van der Waals surface area contributed by atoms with Crippen molar-refractivity contribution >= 4 is 17.2 Å². The molecular weight excluding hydrogens is 350 g/mol. The van der Waals surface area contributed by atoms with Gasteiger partial charge in [-0.05, 0) is 36.0 Å². The Morgan fingerprint density at radius 2 is 1.63 bits per heavy atom. The number of rotatable bonds is 6. The third-order valence-electron chi connectivity index (χ3n) is 5.00. The van der Waals surface area contributed by atoms with Crippen LogP contribution in [0.1, 0.15) is 65.5 Å². The molecule has 1 amide bonds. The van der Waals surface area contributed by atoms with E-state index < -0.39 is 0 Å². The van der Waals surface area contributed by atoms with Crippen LogP contribution in [0.25, 0.3) is 11.1 Å². The molecule has 1 unspecified atom stereocenters. The van der Waals surface area contributed by atoms with Crippen molar-refractivity contribution in [1.29, 1.82) is 0 Å². The Balaban J connectivity index is 1.84. The third-order valence-corrected chi connectivity index (χ3v) is 5.91. The maximum absolute atomic E-state index is 13.1. The van der Waals surface area contributed by atoms with Gasteiger partial charge in [-0.3, -0.25) is 4.79 Å². The zero-order valence-corrected chi connectivity index (χ0v) is 17.3. The molecule has 3 aromatic rings. The highest BCUT2D eigenvalue weighted by Crippen LogP contribution is 2.33. The van der Waals surface area contributed by atoms with Gasteiger partial charge in [-0.2, -0.15) is 0 Å². The average molecular weight is 378 g/mol. The fourth-order valence-corrected chi connectivity index (χ4v) is 4.22. The Hall–Kier alpha value is -2.39. The Bertz CT molecular complexity index is 894. The van der Waals surface area contributed by atoms with E-state index in [4.69, 9.17) is 0 Å². The summed E-state index contributed by atoms with van der Waals surface area (Å²) in [5.41, 5.74) is 5.38. The summed E-state index contributed by atoms with van der Waals surface area (Å²) in [6.07, 6.45) is 0.858. The first kappa shape index (κ1) is 19.4. The first-order chi connectivity index (χ1) is 13.0. The molecule has 0 radical (unpaired) electrons. The van der Waals surface area contributed by atoms with Crippen LogP contribution in [0.2, 0.25) is 0 Å². The summed E-state index contributed by atoms with van der Waals surface area (Å²) in [4.78, 5) is 14.2. The van der Waals surface area contributed by atoms with Crippen molar-refractivity contribution in [2.75, 3.05) is 0 Å². The van der Waals surface area contributed by atoms with Gasteiger partial charge in [0.15, 0.2) is 0 Å². The maximum atomic E-state index is 13.1. The van der Waals surface area contributed by atoms with E-state index >= 15 is 0 Å². The number of thiophene rings is 1. The molecule has 3 rings (SSSR count). The van der Waals surface area contributed by atoms with Crippen LogP contribution in [0.5, 0.6) is 0 Å². The highest BCUT2D eigenvalue weighted by atomic mass is 32.1. The minimum Gasteiger partial charge on any atom is -0.345 e. The Morgan fingerprint density at radius 3 is 2.22 bits per heavy atom. The topological polar surface area (TPSA) is 29.1 Å². The van der Waals surface area contributed by atoms with E-state index in [0.29, 0.717) is 5.92 Å². The van der Waals surface area contributed by atoms with Gasteiger partial charge < -0.3 is 5.32 Å². The molecule has 3 heteroatoms. The van der Waals surface area contributed by atoms with Crippen molar-refractivity contribution in [3.05, 3.63) is 81.5 Å². The van der Waals surface area contributed by atoms with Crippen molar-refractivity contribution in [3.63, 3.8) is 0 Å². The summed E-state index contributed by atoms with van der Waals surface area (Å²) >= 11 is 1.63. The van der Waals surface area contributed by atoms with Gasteiger partial charge in [-0.1, -0.05) is 75.4 Å². The van der Waals surface area contributed by atoms with Crippen molar-refractivity contribution in [3.8, 4) is 11.1 Å². The minimum atomic E-state index is -0.00186. The molecule has 0 aliphatic rings. The first-order valence-electron chi connectivity index (χ1n) is 9.55. The number of hydrogen-bond acceptors (Lipinski definition) is 2. The number of nitrogens with one attached hydrogen (secondary N) is 1. The van der Waals surface area contributed by atoms with Crippen LogP contribution >= 0.6 is 11.3 Å². The van der Waals surface area contributed by atoms with E-state index in [0.717, 1.165) is 28.7 Å². The van der Waals surface area contributed by atoms with E-state index in [1.165, 1.54) is 10.4 Å². The second-order valence-electron chi connectivity index (χ2n) is 7.20. The van der Waals surface area contributed by atoms with E-state index in [2.05, 4.69) is 69.4 Å². The summed E-state index contributed by atoms with van der Waals surface area (Å²) in [7, 11) is 0. The second kappa shape index (κ2) is 8.53. The summed E-state index contributed by atoms with van der Waals surface area (Å²) in [6.45, 7) is 8.57. The van der Waals surface area contributed by atoms with Crippen LogP contribution in [0.4, 0.5) is 0 Å². The molecular formula is C24H27NOS. The number of hydrogen-bond donors (Lipinski definition) is 1. The Labute approximate surface area is 166 Å². The predicted molar refractivity (Wildman–Crippen MR) is 116 cm³/mol. The van der Waals surface area contributed by atoms with E-state index in [9.17, 15) is 4.79 Å². The summed E-state index contributed by atoms with van der Waals surface area (Å²) in [5, 5.41) is 5.21. The summed E-state index contributed by atoms with van der Waals surface area (Å²) < 4.78 is 0. The second-order valence-corrected chi connectivity index (χ2v) is 8.29. The van der Waals surface area contributed by atoms with Crippen LogP contribution in [-0.2, 0) is 0 Å². The number of carbonyl (C=O) groups is 1. The molecule has 0 aliphatic carbocycles. The van der Waals surface area contributed by atoms with Crippen molar-refractivity contribution in [2.45, 2.75) is 46.1 Å². The van der Waals surface area contributed by atoms with Crippen LogP contribution in [0.3, 0.4) is 0 Å². The van der Waals surface area contributed by atoms with Crippen molar-refractivity contribution in [2.24, 2.45) is 0 Å². The zero-order chi connectivity index (χ0) is 19.4. The van der Waals surface area contributed by atoms with Crippen LogP contribution in [0, 0.1) is 6.92 Å². The lowest BCUT2D eigenvalue weighted by Crippen LogP contribution is -2.28. The molecule has 1 aromatic heterocycles. The molecule has 1 heterocycles. The highest BCUT2D eigenvalue weighted by Gasteiger charge is 2.20. The molecule has 2 aromatic carbocycles. The molecule has 1 atom stereocenters. The van der Waals surface area contributed by atoms with Gasteiger partial charge in [0.05, 0.1) is 11.6 Å². The summed E-state index contributed by atoms with van der Waals surface area (Å²) in [6, 6.07) is 18.8. The van der Waals surface area contributed by atoms with Gasteiger partial charge in [0.2, 0.25) is 0 Å². The molecule has 0 spiro atoms. The van der Waals surface area contributed by atoms with Gasteiger partial charge in [0, 0.05) is 15.8 Å². The highest BCUT2D eigenvalue weighted by molar-refractivity contribution is 7.10. The molecule has 140 valence electrons. The Kier molecular flexibility index (Phi) is 6.12. The fraction of sp³-hybridized carbons (Fsp3) is 0.292. The minimum absolute atomic E-state index is 0.00186. The van der Waals surface area contributed by atoms with Crippen LogP contribution < -0.4 is 5.32 Å². The van der Waals surface area contributed by atoms with E-state index in [1.807, 2.05) is 23.6 Å². The van der Waals surface area contributed by atoms with E-state index in [1.54, 1.807) is 11.3 Å². The fourth-order valence-electron chi connectivity index (χ4n) is 3.36. The molecule has 0 fully saturated rings. The van der Waals surface area contributed by atoms with Gasteiger partial charge in [0.25, 0.3) is 5.91 Å². The first-order valence-corrected chi connectivity index (χ1v) is 10.4. The monoisotopic (exact) mass is 377 g/mol. The SMILES string of the molecule is CCC(NC(=O)c1csc(C)c1-c1ccccc1)c1ccc(C(C)C)cc1. The van der Waals surface area contributed by atoms with Crippen molar-refractivity contribution in [1.82, 2.24) is 5.32 Å². The molecule has 0 saturated carbocycles. The Morgan fingerprint density at radius 1 is 1.00 bits per heavy atom. The lowest BCUT2D eigenvalue weighted by atomic mass is 9.97. The summed E-state index contributed by atoms with van der Waals surface area (Å²) in [5.74, 6) is 0.508. The lowest BCUT2D eigenvalue weighted by Gasteiger charge is -2.19.